The Bertz CT molecular complexity index is 63.9. The van der Waals surface area contributed by atoms with Crippen LogP contribution in [-0.2, 0) is 0 Å². The Kier molecular flexibility index (Phi) is 5.81. The Morgan fingerprint density at radius 2 is 1.89 bits per heavy atom. The quantitative estimate of drug-likeness (QED) is 0.616. The van der Waals surface area contributed by atoms with E-state index in [0.29, 0.717) is 0 Å². The Morgan fingerprint density at radius 3 is 2.22 bits per heavy atom. The summed E-state index contributed by atoms with van der Waals surface area (Å²) in [6, 6.07) is 0. The summed E-state index contributed by atoms with van der Waals surface area (Å²) >= 11 is 0. The highest BCUT2D eigenvalue weighted by Crippen LogP contribution is 2.18. The first-order valence-corrected chi connectivity index (χ1v) is 5.23. The van der Waals surface area contributed by atoms with Crippen molar-refractivity contribution in [2.24, 2.45) is 11.8 Å². The molecule has 0 fully saturated rings. The third-order valence-electron chi connectivity index (χ3n) is 1.79. The van der Waals surface area contributed by atoms with Crippen LogP contribution in [0.5, 0.6) is 0 Å². The number of halogens is 1. The highest BCUT2D eigenvalue weighted by atomic mass is 35.7. The third kappa shape index (κ3) is 5.10. The molecule has 0 heterocycles. The molecule has 0 amide bonds. The minimum atomic E-state index is 0.800. The van der Waals surface area contributed by atoms with Gasteiger partial charge in [-0.2, -0.15) is 0 Å². The van der Waals surface area contributed by atoms with Gasteiger partial charge in [-0.3, -0.25) is 0 Å². The first kappa shape index (κ1) is 9.64. The molecule has 2 heteroatoms. The lowest BCUT2D eigenvalue weighted by Crippen LogP contribution is -2.03. The van der Waals surface area contributed by atoms with Gasteiger partial charge in [-0.25, -0.2) is 0 Å². The maximum Gasteiger partial charge on any atom is 0.00878 e. The highest BCUT2D eigenvalue weighted by molar-refractivity contribution is 8.21. The van der Waals surface area contributed by atoms with Gasteiger partial charge in [0.05, 0.1) is 0 Å². The lowest BCUT2D eigenvalue weighted by atomic mass is 9.96. The third-order valence-corrected chi connectivity index (χ3v) is 2.64. The summed E-state index contributed by atoms with van der Waals surface area (Å²) in [6.45, 7) is 6.78. The van der Waals surface area contributed by atoms with Gasteiger partial charge in [0.15, 0.2) is 0 Å². The van der Waals surface area contributed by atoms with Crippen molar-refractivity contribution in [1.29, 1.82) is 0 Å². The molecule has 0 rings (SSSR count). The SMILES string of the molecule is CC(C)C(C)CCSCl. The Morgan fingerprint density at radius 1 is 1.33 bits per heavy atom. The lowest BCUT2D eigenvalue weighted by molar-refractivity contribution is 0.410. The second kappa shape index (κ2) is 5.43. The zero-order valence-electron chi connectivity index (χ0n) is 6.36. The minimum absolute atomic E-state index is 0.800. The summed E-state index contributed by atoms with van der Waals surface area (Å²) in [5, 5.41) is 0. The van der Waals surface area contributed by atoms with Crippen LogP contribution in [0, 0.1) is 11.8 Å². The summed E-state index contributed by atoms with van der Waals surface area (Å²) in [7, 11) is 6.89. The van der Waals surface area contributed by atoms with Crippen LogP contribution in [-0.4, -0.2) is 5.75 Å². The molecule has 0 saturated heterocycles. The molecule has 0 bridgehead atoms. The van der Waals surface area contributed by atoms with Gasteiger partial charge in [-0.1, -0.05) is 31.7 Å². The fourth-order valence-electron chi connectivity index (χ4n) is 0.564. The molecule has 0 N–H and O–H groups in total. The normalized spacial score (nSPS) is 14.3. The van der Waals surface area contributed by atoms with E-state index in [-0.39, 0.29) is 0 Å². The molecular formula is C7H15ClS. The Labute approximate surface area is 66.9 Å². The molecule has 0 aliphatic heterocycles. The van der Waals surface area contributed by atoms with Gasteiger partial charge < -0.3 is 0 Å². The summed E-state index contributed by atoms with van der Waals surface area (Å²) in [5.41, 5.74) is 0. The molecule has 1 unspecified atom stereocenters. The molecule has 0 aromatic rings. The zero-order valence-corrected chi connectivity index (χ0v) is 7.93. The van der Waals surface area contributed by atoms with Gasteiger partial charge in [0.25, 0.3) is 0 Å². The van der Waals surface area contributed by atoms with Gasteiger partial charge in [0, 0.05) is 5.75 Å². The fourth-order valence-corrected chi connectivity index (χ4v) is 1.29. The second-order valence-corrected chi connectivity index (χ2v) is 4.10. The minimum Gasteiger partial charge on any atom is -0.0625 e. The molecule has 1 atom stereocenters. The first-order chi connectivity index (χ1) is 4.18. The second-order valence-electron chi connectivity index (χ2n) is 2.82. The largest absolute Gasteiger partial charge is 0.0625 e. The van der Waals surface area contributed by atoms with E-state index in [0.717, 1.165) is 17.6 Å². The van der Waals surface area contributed by atoms with Gasteiger partial charge >= 0.3 is 0 Å². The van der Waals surface area contributed by atoms with Crippen molar-refractivity contribution >= 4 is 21.7 Å². The van der Waals surface area contributed by atoms with Crippen LogP contribution in [0.25, 0.3) is 0 Å². The summed E-state index contributed by atoms with van der Waals surface area (Å²) < 4.78 is 0. The predicted molar refractivity (Wildman–Crippen MR) is 46.9 cm³/mol. The van der Waals surface area contributed by atoms with Crippen LogP contribution in [0.15, 0.2) is 0 Å². The van der Waals surface area contributed by atoms with Crippen molar-refractivity contribution in [3.63, 3.8) is 0 Å². The zero-order chi connectivity index (χ0) is 7.28. The van der Waals surface area contributed by atoms with Crippen LogP contribution in [0.1, 0.15) is 27.2 Å². The van der Waals surface area contributed by atoms with Crippen LogP contribution < -0.4 is 0 Å². The molecule has 0 nitrogen and oxygen atoms in total. The van der Waals surface area contributed by atoms with Crippen LogP contribution >= 0.6 is 21.7 Å². The maximum atomic E-state index is 5.47. The van der Waals surface area contributed by atoms with Crippen molar-refractivity contribution < 1.29 is 0 Å². The average molecular weight is 167 g/mol. The standard InChI is InChI=1S/C7H15ClS/c1-6(2)7(3)4-5-9-8/h6-7H,4-5H2,1-3H3. The molecule has 9 heavy (non-hydrogen) atoms. The van der Waals surface area contributed by atoms with Crippen molar-refractivity contribution in [3.8, 4) is 0 Å². The van der Waals surface area contributed by atoms with Gasteiger partial charge in [-0.05, 0) is 28.9 Å². The molecule has 0 aromatic heterocycles. The van der Waals surface area contributed by atoms with Crippen molar-refractivity contribution in [2.75, 3.05) is 5.75 Å². The topological polar surface area (TPSA) is 0 Å². The summed E-state index contributed by atoms with van der Waals surface area (Å²) in [4.78, 5) is 0. The maximum absolute atomic E-state index is 5.47. The van der Waals surface area contributed by atoms with Crippen LogP contribution in [0.3, 0.4) is 0 Å². The molecule has 0 radical (unpaired) electrons. The monoisotopic (exact) mass is 166 g/mol. The number of hydrogen-bond donors (Lipinski definition) is 0. The molecule has 0 saturated carbocycles. The molecule has 56 valence electrons. The predicted octanol–water partition coefficient (Wildman–Crippen LogP) is 3.56. The molecule has 0 aliphatic rings. The van der Waals surface area contributed by atoms with Crippen molar-refractivity contribution in [2.45, 2.75) is 27.2 Å². The Hall–Kier alpha value is 0.640. The van der Waals surface area contributed by atoms with Crippen LogP contribution in [0.2, 0.25) is 0 Å². The average Bonchev–Trinajstić information content (AvgIpc) is 1.82. The van der Waals surface area contributed by atoms with Gasteiger partial charge in [0.2, 0.25) is 0 Å². The fraction of sp³-hybridized carbons (Fsp3) is 1.00. The number of hydrogen-bond acceptors (Lipinski definition) is 1. The van der Waals surface area contributed by atoms with Crippen molar-refractivity contribution in [3.05, 3.63) is 0 Å². The van der Waals surface area contributed by atoms with Crippen molar-refractivity contribution in [1.82, 2.24) is 0 Å². The lowest BCUT2D eigenvalue weighted by Gasteiger charge is -2.13. The van der Waals surface area contributed by atoms with E-state index < -0.39 is 0 Å². The molecule has 0 aliphatic carbocycles. The van der Waals surface area contributed by atoms with Gasteiger partial charge in [-0.15, -0.1) is 0 Å². The smallest absolute Gasteiger partial charge is 0.00878 e. The first-order valence-electron chi connectivity index (χ1n) is 3.42. The van der Waals surface area contributed by atoms with E-state index in [1.165, 1.54) is 17.4 Å². The Balaban J connectivity index is 3.16. The van der Waals surface area contributed by atoms with E-state index in [4.69, 9.17) is 10.7 Å². The summed E-state index contributed by atoms with van der Waals surface area (Å²) in [6.07, 6.45) is 1.24. The molecule has 0 spiro atoms. The molecular weight excluding hydrogens is 152 g/mol. The molecule has 0 aromatic carbocycles. The van der Waals surface area contributed by atoms with E-state index in [1.807, 2.05) is 0 Å². The number of rotatable bonds is 4. The van der Waals surface area contributed by atoms with E-state index in [9.17, 15) is 0 Å². The highest BCUT2D eigenvalue weighted by Gasteiger charge is 2.05. The van der Waals surface area contributed by atoms with E-state index >= 15 is 0 Å². The summed E-state index contributed by atoms with van der Waals surface area (Å²) in [5.74, 6) is 2.70. The van der Waals surface area contributed by atoms with Gasteiger partial charge in [0.1, 0.15) is 0 Å². The van der Waals surface area contributed by atoms with E-state index in [1.54, 1.807) is 0 Å². The van der Waals surface area contributed by atoms with E-state index in [2.05, 4.69) is 20.8 Å². The van der Waals surface area contributed by atoms with Crippen LogP contribution in [0.4, 0.5) is 0 Å².